The van der Waals surface area contributed by atoms with Crippen LogP contribution in [-0.4, -0.2) is 42.9 Å². The average Bonchev–Trinajstić information content (AvgIpc) is 2.58. The van der Waals surface area contributed by atoms with E-state index in [2.05, 4.69) is 19.2 Å². The molecule has 0 bridgehead atoms. The number of alkyl halides is 2. The van der Waals surface area contributed by atoms with E-state index in [1.165, 1.54) is 17.0 Å². The highest BCUT2D eigenvalue weighted by Crippen LogP contribution is 2.51. The van der Waals surface area contributed by atoms with Crippen molar-refractivity contribution < 1.29 is 18.0 Å². The molecule has 29 heavy (non-hydrogen) atoms. The van der Waals surface area contributed by atoms with Gasteiger partial charge in [-0.05, 0) is 54.7 Å². The molecule has 1 N–H and O–H groups in total. The average molecular weight is 429 g/mol. The van der Waals surface area contributed by atoms with Crippen molar-refractivity contribution >= 4 is 17.5 Å². The molecule has 0 aromatic heterocycles. The smallest absolute Gasteiger partial charge is 0.273 e. The first-order valence-corrected chi connectivity index (χ1v) is 10.7. The molecule has 3 fully saturated rings. The Bertz CT molecular complexity index is 809. The van der Waals surface area contributed by atoms with Crippen molar-refractivity contribution in [1.82, 2.24) is 10.2 Å². The SMILES string of the molecule is CC1(C)CC[C@H](C(=O)N2CCC3(CNC3)C(F)(F)C2)[C@@H](c2ccc(F)cc2Cl)C1. The van der Waals surface area contributed by atoms with Gasteiger partial charge in [-0.15, -0.1) is 0 Å². The summed E-state index contributed by atoms with van der Waals surface area (Å²) in [6.45, 7) is 4.75. The van der Waals surface area contributed by atoms with E-state index in [1.807, 2.05) is 0 Å². The minimum Gasteiger partial charge on any atom is -0.336 e. The fourth-order valence-corrected chi connectivity index (χ4v) is 5.62. The van der Waals surface area contributed by atoms with Gasteiger partial charge in [-0.1, -0.05) is 31.5 Å². The van der Waals surface area contributed by atoms with Gasteiger partial charge < -0.3 is 10.2 Å². The minimum atomic E-state index is -2.89. The number of nitrogens with one attached hydrogen (secondary N) is 1. The highest BCUT2D eigenvalue weighted by atomic mass is 35.5. The van der Waals surface area contributed by atoms with Gasteiger partial charge in [0, 0.05) is 30.6 Å². The third-order valence-corrected chi connectivity index (χ3v) is 7.66. The van der Waals surface area contributed by atoms with E-state index in [1.54, 1.807) is 6.07 Å². The lowest BCUT2D eigenvalue weighted by atomic mass is 9.64. The maximum atomic E-state index is 14.8. The van der Waals surface area contributed by atoms with Gasteiger partial charge in [-0.2, -0.15) is 0 Å². The molecule has 0 unspecified atom stereocenters. The van der Waals surface area contributed by atoms with Crippen LogP contribution in [0.1, 0.15) is 51.0 Å². The Labute approximate surface area is 175 Å². The number of hydrogen-bond acceptors (Lipinski definition) is 2. The molecule has 1 spiro atoms. The molecule has 1 aromatic rings. The van der Waals surface area contributed by atoms with E-state index in [-0.39, 0.29) is 17.2 Å². The molecule has 4 rings (SSSR count). The van der Waals surface area contributed by atoms with Crippen LogP contribution in [0, 0.1) is 22.6 Å². The van der Waals surface area contributed by atoms with Crippen molar-refractivity contribution in [1.29, 1.82) is 0 Å². The van der Waals surface area contributed by atoms with E-state index < -0.39 is 29.6 Å². The number of piperidine rings is 1. The molecule has 2 atom stereocenters. The lowest BCUT2D eigenvalue weighted by Gasteiger charge is -2.53. The molecule has 3 nitrogen and oxygen atoms in total. The van der Waals surface area contributed by atoms with Crippen molar-refractivity contribution in [3.63, 3.8) is 0 Å². The van der Waals surface area contributed by atoms with E-state index in [4.69, 9.17) is 11.6 Å². The van der Waals surface area contributed by atoms with Crippen LogP contribution in [0.25, 0.3) is 0 Å². The second kappa shape index (κ2) is 7.16. The zero-order chi connectivity index (χ0) is 21.0. The molecule has 160 valence electrons. The van der Waals surface area contributed by atoms with Crippen molar-refractivity contribution in [3.8, 4) is 0 Å². The largest absolute Gasteiger partial charge is 0.336 e. The topological polar surface area (TPSA) is 32.3 Å². The van der Waals surface area contributed by atoms with E-state index >= 15 is 0 Å². The molecule has 1 aromatic carbocycles. The van der Waals surface area contributed by atoms with Gasteiger partial charge in [0.2, 0.25) is 5.91 Å². The normalized spacial score (nSPS) is 30.1. The summed E-state index contributed by atoms with van der Waals surface area (Å²) in [7, 11) is 0. The summed E-state index contributed by atoms with van der Waals surface area (Å²) in [6, 6.07) is 4.26. The van der Waals surface area contributed by atoms with Crippen LogP contribution in [-0.2, 0) is 4.79 Å². The minimum absolute atomic E-state index is 0.00660. The van der Waals surface area contributed by atoms with Crippen LogP contribution in [0.3, 0.4) is 0 Å². The number of nitrogens with zero attached hydrogens (tertiary/aromatic N) is 1. The van der Waals surface area contributed by atoms with Gasteiger partial charge in [0.1, 0.15) is 5.82 Å². The molecular weight excluding hydrogens is 401 g/mol. The first-order chi connectivity index (χ1) is 13.5. The Balaban J connectivity index is 1.59. The van der Waals surface area contributed by atoms with E-state index in [9.17, 15) is 18.0 Å². The van der Waals surface area contributed by atoms with Gasteiger partial charge in [-0.25, -0.2) is 13.2 Å². The quantitative estimate of drug-likeness (QED) is 0.730. The maximum Gasteiger partial charge on any atom is 0.273 e. The van der Waals surface area contributed by atoms with Crippen LogP contribution >= 0.6 is 11.6 Å². The van der Waals surface area contributed by atoms with Crippen LogP contribution < -0.4 is 5.32 Å². The molecule has 1 amide bonds. The summed E-state index contributed by atoms with van der Waals surface area (Å²) >= 11 is 6.33. The molecule has 1 aliphatic carbocycles. The van der Waals surface area contributed by atoms with Gasteiger partial charge >= 0.3 is 0 Å². The summed E-state index contributed by atoms with van der Waals surface area (Å²) < 4.78 is 43.2. The fourth-order valence-electron chi connectivity index (χ4n) is 5.31. The molecule has 2 saturated heterocycles. The van der Waals surface area contributed by atoms with E-state index in [0.29, 0.717) is 43.9 Å². The third kappa shape index (κ3) is 3.67. The van der Waals surface area contributed by atoms with E-state index in [0.717, 1.165) is 12.0 Å². The highest BCUT2D eigenvalue weighted by molar-refractivity contribution is 6.31. The number of amides is 1. The summed E-state index contributed by atoms with van der Waals surface area (Å²) in [4.78, 5) is 14.7. The first-order valence-electron chi connectivity index (χ1n) is 10.4. The second-order valence-electron chi connectivity index (χ2n) is 9.88. The van der Waals surface area contributed by atoms with Crippen LogP contribution in [0.4, 0.5) is 13.2 Å². The van der Waals surface area contributed by atoms with Crippen molar-refractivity contribution in [2.24, 2.45) is 16.7 Å². The van der Waals surface area contributed by atoms with Crippen molar-refractivity contribution in [2.75, 3.05) is 26.2 Å². The van der Waals surface area contributed by atoms with Crippen molar-refractivity contribution in [2.45, 2.75) is 51.4 Å². The van der Waals surface area contributed by atoms with Gasteiger partial charge in [0.15, 0.2) is 0 Å². The lowest BCUT2D eigenvalue weighted by molar-refractivity contribution is -0.195. The summed E-state index contributed by atoms with van der Waals surface area (Å²) in [5.74, 6) is -4.13. The molecule has 2 aliphatic heterocycles. The standard InChI is InChI=1S/C22H28ClF3N2O/c1-20(2)6-5-16(17(10-20)15-4-3-14(24)9-18(15)23)19(29)28-8-7-21(11-27-12-21)22(25,26)13-28/h3-4,9,16-17,27H,5-8,10-13H2,1-2H3/t16-,17+/m0/s1. The predicted octanol–water partition coefficient (Wildman–Crippen LogP) is 4.85. The number of benzene rings is 1. The summed E-state index contributed by atoms with van der Waals surface area (Å²) in [5, 5.41) is 3.25. The zero-order valence-corrected chi connectivity index (χ0v) is 17.7. The lowest BCUT2D eigenvalue weighted by Crippen LogP contribution is -2.69. The first kappa shape index (κ1) is 21.0. The number of carbonyl (C=O) groups excluding carboxylic acids is 1. The monoisotopic (exact) mass is 428 g/mol. The maximum absolute atomic E-state index is 14.8. The number of rotatable bonds is 2. The van der Waals surface area contributed by atoms with Gasteiger partial charge in [0.25, 0.3) is 5.92 Å². The number of halogens is 4. The number of likely N-dealkylation sites (tertiary alicyclic amines) is 1. The van der Waals surface area contributed by atoms with Gasteiger partial charge in [-0.3, -0.25) is 4.79 Å². The van der Waals surface area contributed by atoms with Crippen LogP contribution in [0.15, 0.2) is 18.2 Å². The molecular formula is C22H28ClF3N2O. The predicted molar refractivity (Wildman–Crippen MR) is 107 cm³/mol. The highest BCUT2D eigenvalue weighted by Gasteiger charge is 2.60. The molecule has 7 heteroatoms. The third-order valence-electron chi connectivity index (χ3n) is 7.33. The van der Waals surface area contributed by atoms with Crippen LogP contribution in [0.5, 0.6) is 0 Å². The second-order valence-corrected chi connectivity index (χ2v) is 10.3. The summed E-state index contributed by atoms with van der Waals surface area (Å²) in [5.41, 5.74) is -0.257. The Kier molecular flexibility index (Phi) is 5.18. The fraction of sp³-hybridized carbons (Fsp3) is 0.682. The van der Waals surface area contributed by atoms with Crippen molar-refractivity contribution in [3.05, 3.63) is 34.6 Å². The zero-order valence-electron chi connectivity index (χ0n) is 16.9. The molecule has 0 radical (unpaired) electrons. The Morgan fingerprint density at radius 3 is 2.55 bits per heavy atom. The number of carbonyl (C=O) groups is 1. The molecule has 1 saturated carbocycles. The Hall–Kier alpha value is -1.27. The Morgan fingerprint density at radius 1 is 1.24 bits per heavy atom. The molecule has 2 heterocycles. The summed E-state index contributed by atoms with van der Waals surface area (Å²) in [6.07, 6.45) is 2.50. The van der Waals surface area contributed by atoms with Gasteiger partial charge in [0.05, 0.1) is 12.0 Å². The Morgan fingerprint density at radius 2 is 1.97 bits per heavy atom. The molecule has 3 aliphatic rings. The van der Waals surface area contributed by atoms with Crippen LogP contribution in [0.2, 0.25) is 5.02 Å². The number of hydrogen-bond donors (Lipinski definition) is 1.